The number of hydrogen-bond donors (Lipinski definition) is 1. The van der Waals surface area contributed by atoms with Gasteiger partial charge >= 0.3 is 0 Å². The van der Waals surface area contributed by atoms with Crippen LogP contribution in [-0.2, 0) is 6.61 Å². The van der Waals surface area contributed by atoms with Crippen molar-refractivity contribution in [1.82, 2.24) is 9.97 Å². The van der Waals surface area contributed by atoms with Crippen LogP contribution in [0.1, 0.15) is 10.8 Å². The Kier molecular flexibility index (Phi) is 2.77. The minimum absolute atomic E-state index is 0.0561. The highest BCUT2D eigenvalue weighted by Gasteiger charge is 2.08. The first-order valence-electron chi connectivity index (χ1n) is 6.61. The second-order valence-electron chi connectivity index (χ2n) is 4.88. The molecule has 4 rings (SSSR count). The van der Waals surface area contributed by atoms with Crippen LogP contribution in [0.15, 0.2) is 40.8 Å². The molecule has 0 spiro atoms. The third-order valence-electron chi connectivity index (χ3n) is 3.38. The highest BCUT2D eigenvalue weighted by atomic mass is 32.1. The number of aliphatic hydroxyl groups is 1. The molecule has 0 atom stereocenters. The van der Waals surface area contributed by atoms with Gasteiger partial charge in [-0.1, -0.05) is 0 Å². The van der Waals surface area contributed by atoms with Crippen LogP contribution in [-0.4, -0.2) is 15.1 Å². The number of thiophene rings is 1. The van der Waals surface area contributed by atoms with E-state index < -0.39 is 0 Å². The lowest BCUT2D eigenvalue weighted by Crippen LogP contribution is -1.82. The molecule has 21 heavy (non-hydrogen) atoms. The maximum absolute atomic E-state index is 9.21. The zero-order valence-electron chi connectivity index (χ0n) is 11.3. The largest absolute Gasteiger partial charge is 0.441 e. The minimum Gasteiger partial charge on any atom is -0.441 e. The molecule has 1 N–H and O–H groups in total. The van der Waals surface area contributed by atoms with E-state index in [9.17, 15) is 5.11 Å². The van der Waals surface area contributed by atoms with Gasteiger partial charge in [0.25, 0.3) is 0 Å². The molecule has 0 saturated heterocycles. The van der Waals surface area contributed by atoms with Crippen molar-refractivity contribution < 1.29 is 9.52 Å². The van der Waals surface area contributed by atoms with E-state index in [4.69, 9.17) is 4.42 Å². The average Bonchev–Trinajstić information content (AvgIpc) is 3.06. The molecule has 0 unspecified atom stereocenters. The number of nitrogens with zero attached hydrogens (tertiary/aromatic N) is 2. The van der Waals surface area contributed by atoms with Crippen LogP contribution in [0.4, 0.5) is 0 Å². The Balaban J connectivity index is 1.86. The van der Waals surface area contributed by atoms with Gasteiger partial charge < -0.3 is 9.52 Å². The number of oxazole rings is 1. The van der Waals surface area contributed by atoms with E-state index in [-0.39, 0.29) is 6.61 Å². The first-order chi connectivity index (χ1) is 10.2. The number of fused-ring (bicyclic) bond motifs is 2. The zero-order chi connectivity index (χ0) is 14.4. The Labute approximate surface area is 124 Å². The Bertz CT molecular complexity index is 955. The Morgan fingerprint density at radius 2 is 2.05 bits per heavy atom. The summed E-state index contributed by atoms with van der Waals surface area (Å²) in [7, 11) is 0. The van der Waals surface area contributed by atoms with Crippen molar-refractivity contribution in [3.8, 4) is 11.3 Å². The van der Waals surface area contributed by atoms with E-state index in [1.54, 1.807) is 0 Å². The highest BCUT2D eigenvalue weighted by molar-refractivity contribution is 7.18. The normalized spacial score (nSPS) is 11.5. The number of aryl methyl sites for hydroxylation is 1. The molecule has 3 heterocycles. The summed E-state index contributed by atoms with van der Waals surface area (Å²) in [5, 5.41) is 10.3. The number of rotatable bonds is 2. The van der Waals surface area contributed by atoms with Gasteiger partial charge in [0.15, 0.2) is 11.5 Å². The average molecular weight is 296 g/mol. The molecule has 3 aromatic heterocycles. The zero-order valence-corrected chi connectivity index (χ0v) is 12.1. The molecule has 0 saturated carbocycles. The van der Waals surface area contributed by atoms with Gasteiger partial charge in [0.05, 0.1) is 12.3 Å². The fourth-order valence-electron chi connectivity index (χ4n) is 2.41. The molecule has 4 aromatic rings. The van der Waals surface area contributed by atoms with Crippen molar-refractivity contribution in [2.24, 2.45) is 0 Å². The Morgan fingerprint density at radius 3 is 2.90 bits per heavy atom. The van der Waals surface area contributed by atoms with Gasteiger partial charge in [0, 0.05) is 22.8 Å². The van der Waals surface area contributed by atoms with Gasteiger partial charge in [0.2, 0.25) is 0 Å². The van der Waals surface area contributed by atoms with E-state index >= 15 is 0 Å². The number of aromatic nitrogens is 2. The SMILES string of the molecule is Cc1nc2cc(-c3ccc4cc(CO)sc4n3)ccc2o1. The van der Waals surface area contributed by atoms with Crippen molar-refractivity contribution in [3.05, 3.63) is 47.2 Å². The number of pyridine rings is 1. The minimum atomic E-state index is 0.0561. The topological polar surface area (TPSA) is 59.2 Å². The summed E-state index contributed by atoms with van der Waals surface area (Å²) in [6.07, 6.45) is 0. The van der Waals surface area contributed by atoms with Crippen LogP contribution in [0.25, 0.3) is 32.6 Å². The fourth-order valence-corrected chi connectivity index (χ4v) is 3.30. The van der Waals surface area contributed by atoms with Gasteiger partial charge in [-0.05, 0) is 36.4 Å². The first-order valence-corrected chi connectivity index (χ1v) is 7.42. The third kappa shape index (κ3) is 2.11. The van der Waals surface area contributed by atoms with Gasteiger partial charge in [-0.3, -0.25) is 0 Å². The van der Waals surface area contributed by atoms with E-state index in [2.05, 4.69) is 9.97 Å². The molecule has 0 aliphatic heterocycles. The summed E-state index contributed by atoms with van der Waals surface area (Å²) >= 11 is 1.52. The van der Waals surface area contributed by atoms with Crippen LogP contribution in [0, 0.1) is 6.92 Å². The van der Waals surface area contributed by atoms with Crippen LogP contribution in [0.3, 0.4) is 0 Å². The lowest BCUT2D eigenvalue weighted by atomic mass is 10.1. The summed E-state index contributed by atoms with van der Waals surface area (Å²) in [4.78, 5) is 10.9. The van der Waals surface area contributed by atoms with E-state index in [0.717, 1.165) is 37.5 Å². The standard InChI is InChI=1S/C16H12N2O2S/c1-9-17-14-7-10(3-5-15(14)20-9)13-4-2-11-6-12(8-19)21-16(11)18-13/h2-7,19H,8H2,1H3. The van der Waals surface area contributed by atoms with Gasteiger partial charge in [-0.15, -0.1) is 11.3 Å². The Hall–Kier alpha value is -2.24. The number of aliphatic hydroxyl groups excluding tert-OH is 1. The third-order valence-corrected chi connectivity index (χ3v) is 4.41. The lowest BCUT2D eigenvalue weighted by Gasteiger charge is -2.00. The Morgan fingerprint density at radius 1 is 1.14 bits per heavy atom. The predicted molar refractivity (Wildman–Crippen MR) is 83.3 cm³/mol. The summed E-state index contributed by atoms with van der Waals surface area (Å²) in [6, 6.07) is 11.9. The molecule has 0 aliphatic carbocycles. The second kappa shape index (κ2) is 4.65. The summed E-state index contributed by atoms with van der Waals surface area (Å²) in [5.74, 6) is 0.663. The summed E-state index contributed by atoms with van der Waals surface area (Å²) in [6.45, 7) is 1.90. The van der Waals surface area contributed by atoms with Crippen LogP contribution in [0.2, 0.25) is 0 Å². The first kappa shape index (κ1) is 12.5. The molecular weight excluding hydrogens is 284 g/mol. The summed E-state index contributed by atoms with van der Waals surface area (Å²) < 4.78 is 5.49. The van der Waals surface area contributed by atoms with Crippen LogP contribution < -0.4 is 0 Å². The highest BCUT2D eigenvalue weighted by Crippen LogP contribution is 2.29. The molecule has 1 aromatic carbocycles. The van der Waals surface area contributed by atoms with Crippen LogP contribution in [0.5, 0.6) is 0 Å². The van der Waals surface area contributed by atoms with Crippen molar-refractivity contribution in [2.45, 2.75) is 13.5 Å². The molecule has 0 bridgehead atoms. The van der Waals surface area contributed by atoms with Crippen molar-refractivity contribution >= 4 is 32.7 Å². The van der Waals surface area contributed by atoms with Gasteiger partial charge in [0.1, 0.15) is 10.3 Å². The molecule has 4 nitrogen and oxygen atoms in total. The summed E-state index contributed by atoms with van der Waals surface area (Å²) in [5.41, 5.74) is 3.54. The lowest BCUT2D eigenvalue weighted by molar-refractivity contribution is 0.285. The number of benzene rings is 1. The van der Waals surface area contributed by atoms with Crippen LogP contribution >= 0.6 is 11.3 Å². The van der Waals surface area contributed by atoms with Crippen molar-refractivity contribution in [2.75, 3.05) is 0 Å². The molecular formula is C16H12N2O2S. The fraction of sp³-hybridized carbons (Fsp3) is 0.125. The second-order valence-corrected chi connectivity index (χ2v) is 5.99. The van der Waals surface area contributed by atoms with Gasteiger partial charge in [-0.2, -0.15) is 0 Å². The van der Waals surface area contributed by atoms with E-state index in [0.29, 0.717) is 5.89 Å². The number of hydrogen-bond acceptors (Lipinski definition) is 5. The molecule has 0 aliphatic rings. The quantitative estimate of drug-likeness (QED) is 0.609. The maximum Gasteiger partial charge on any atom is 0.192 e. The van der Waals surface area contributed by atoms with E-state index in [1.807, 2.05) is 43.3 Å². The van der Waals surface area contributed by atoms with Crippen molar-refractivity contribution in [1.29, 1.82) is 0 Å². The van der Waals surface area contributed by atoms with Gasteiger partial charge in [-0.25, -0.2) is 9.97 Å². The molecule has 0 amide bonds. The predicted octanol–water partition coefficient (Wildman–Crippen LogP) is 3.91. The van der Waals surface area contributed by atoms with Crippen molar-refractivity contribution in [3.63, 3.8) is 0 Å². The monoisotopic (exact) mass is 296 g/mol. The van der Waals surface area contributed by atoms with E-state index in [1.165, 1.54) is 11.3 Å². The molecule has 5 heteroatoms. The smallest absolute Gasteiger partial charge is 0.192 e. The molecule has 0 fully saturated rings. The maximum atomic E-state index is 9.21. The molecule has 0 radical (unpaired) electrons. The molecule has 104 valence electrons.